The van der Waals surface area contributed by atoms with Crippen LogP contribution in [0.5, 0.6) is 0 Å². The minimum Gasteiger partial charge on any atom is -0.382 e. The van der Waals surface area contributed by atoms with Crippen LogP contribution >= 0.6 is 24.0 Å². The number of sulfonamides is 1. The lowest BCUT2D eigenvalue weighted by Gasteiger charge is -2.30. The van der Waals surface area contributed by atoms with E-state index in [9.17, 15) is 8.42 Å². The van der Waals surface area contributed by atoms with Crippen molar-refractivity contribution in [3.8, 4) is 0 Å². The van der Waals surface area contributed by atoms with Crippen LogP contribution in [0.25, 0.3) is 0 Å². The van der Waals surface area contributed by atoms with Gasteiger partial charge in [-0.1, -0.05) is 12.8 Å². The van der Waals surface area contributed by atoms with Gasteiger partial charge in [-0.25, -0.2) is 13.1 Å². The summed E-state index contributed by atoms with van der Waals surface area (Å²) in [5, 5.41) is 6.73. The third-order valence-corrected chi connectivity index (χ3v) is 5.64. The summed E-state index contributed by atoms with van der Waals surface area (Å²) in [6.07, 6.45) is 7.21. The summed E-state index contributed by atoms with van der Waals surface area (Å²) in [5.74, 6) is 0.735. The molecule has 9 heteroatoms. The van der Waals surface area contributed by atoms with Crippen molar-refractivity contribution in [2.75, 3.05) is 39.1 Å². The Hall–Kier alpha value is -0.130. The van der Waals surface area contributed by atoms with E-state index in [1.54, 1.807) is 0 Å². The smallest absolute Gasteiger partial charge is 0.209 e. The van der Waals surface area contributed by atoms with E-state index in [1.807, 2.05) is 27.7 Å². The van der Waals surface area contributed by atoms with Gasteiger partial charge in [0.1, 0.15) is 0 Å². The average Bonchev–Trinajstić information content (AvgIpc) is 2.97. The molecule has 7 nitrogen and oxygen atoms in total. The van der Waals surface area contributed by atoms with Gasteiger partial charge in [0.25, 0.3) is 0 Å². The molecule has 1 aliphatic rings. The molecule has 0 aliphatic heterocycles. The number of hydrogen-bond acceptors (Lipinski definition) is 4. The van der Waals surface area contributed by atoms with Crippen LogP contribution in [0.3, 0.4) is 0 Å². The Morgan fingerprint density at radius 1 is 1.19 bits per heavy atom. The molecule has 162 valence electrons. The maximum atomic E-state index is 11.5. The first kappa shape index (κ1) is 26.9. The normalized spacial score (nSPS) is 17.4. The molecule has 1 aliphatic carbocycles. The molecule has 0 spiro atoms. The molecule has 1 rings (SSSR count). The summed E-state index contributed by atoms with van der Waals surface area (Å²) in [7, 11) is -3.26. The van der Waals surface area contributed by atoms with Crippen molar-refractivity contribution in [3.05, 3.63) is 0 Å². The fourth-order valence-corrected chi connectivity index (χ4v) is 4.57. The van der Waals surface area contributed by atoms with E-state index in [0.717, 1.165) is 38.7 Å². The topological polar surface area (TPSA) is 91.8 Å². The van der Waals surface area contributed by atoms with Crippen molar-refractivity contribution in [2.45, 2.75) is 65.3 Å². The van der Waals surface area contributed by atoms with E-state index in [1.165, 1.54) is 31.9 Å². The van der Waals surface area contributed by atoms with E-state index in [2.05, 4.69) is 20.3 Å². The standard InChI is InChI=1S/C18H38N4O3S.HI/c1-6-19-16(20-14-17(3,4)22-26(5,23)24)21-15-18(10-8-9-11-18)12-13-25-7-2;/h22H,6-15H2,1-5H3,(H2,19,20,21);1H. The number of rotatable bonds is 11. The summed E-state index contributed by atoms with van der Waals surface area (Å²) in [6.45, 7) is 11.3. The lowest BCUT2D eigenvalue weighted by Crippen LogP contribution is -2.47. The largest absolute Gasteiger partial charge is 0.382 e. The monoisotopic (exact) mass is 518 g/mol. The highest BCUT2D eigenvalue weighted by Crippen LogP contribution is 2.40. The number of halogens is 1. The van der Waals surface area contributed by atoms with Crippen molar-refractivity contribution in [1.29, 1.82) is 0 Å². The number of nitrogens with one attached hydrogen (secondary N) is 3. The molecule has 0 atom stereocenters. The third-order valence-electron chi connectivity index (χ3n) is 4.71. The van der Waals surface area contributed by atoms with Gasteiger partial charge in [0.05, 0.1) is 12.8 Å². The van der Waals surface area contributed by atoms with Gasteiger partial charge in [-0.3, -0.25) is 4.99 Å². The third kappa shape index (κ3) is 11.5. The lowest BCUT2D eigenvalue weighted by atomic mass is 9.83. The van der Waals surface area contributed by atoms with Crippen molar-refractivity contribution in [2.24, 2.45) is 10.4 Å². The average molecular weight is 519 g/mol. The van der Waals surface area contributed by atoms with Gasteiger partial charge < -0.3 is 15.4 Å². The van der Waals surface area contributed by atoms with Crippen LogP contribution in [0.2, 0.25) is 0 Å². The summed E-state index contributed by atoms with van der Waals surface area (Å²) >= 11 is 0. The zero-order valence-corrected chi connectivity index (χ0v) is 20.7. The molecule has 1 fully saturated rings. The Kier molecular flexibility index (Phi) is 12.4. The van der Waals surface area contributed by atoms with Crippen LogP contribution < -0.4 is 15.4 Å². The van der Waals surface area contributed by atoms with E-state index in [4.69, 9.17) is 4.74 Å². The molecule has 0 unspecified atom stereocenters. The highest BCUT2D eigenvalue weighted by Gasteiger charge is 2.33. The molecule has 0 aromatic rings. The fourth-order valence-electron chi connectivity index (χ4n) is 3.50. The van der Waals surface area contributed by atoms with Crippen LogP contribution in [0, 0.1) is 5.41 Å². The second-order valence-electron chi connectivity index (χ2n) is 7.96. The highest BCUT2D eigenvalue weighted by atomic mass is 127. The number of hydrogen-bond donors (Lipinski definition) is 3. The number of ether oxygens (including phenoxy) is 1. The Morgan fingerprint density at radius 2 is 1.81 bits per heavy atom. The predicted octanol–water partition coefficient (Wildman–Crippen LogP) is 2.47. The van der Waals surface area contributed by atoms with Crippen LogP contribution in [-0.4, -0.2) is 59.0 Å². The van der Waals surface area contributed by atoms with Crippen LogP contribution in [0.15, 0.2) is 4.99 Å². The minimum atomic E-state index is -3.26. The van der Waals surface area contributed by atoms with Crippen LogP contribution in [-0.2, 0) is 14.8 Å². The van der Waals surface area contributed by atoms with Gasteiger partial charge in [-0.05, 0) is 52.4 Å². The van der Waals surface area contributed by atoms with Gasteiger partial charge >= 0.3 is 0 Å². The number of nitrogens with zero attached hydrogens (tertiary/aromatic N) is 1. The number of aliphatic imine (C=N–C) groups is 1. The zero-order valence-electron chi connectivity index (χ0n) is 17.6. The van der Waals surface area contributed by atoms with E-state index >= 15 is 0 Å². The summed E-state index contributed by atoms with van der Waals surface area (Å²) in [5.41, 5.74) is -0.359. The molecule has 0 amide bonds. The van der Waals surface area contributed by atoms with Crippen molar-refractivity contribution >= 4 is 40.0 Å². The second kappa shape index (κ2) is 12.4. The minimum absolute atomic E-state index is 0. The second-order valence-corrected chi connectivity index (χ2v) is 9.71. The fraction of sp³-hybridized carbons (Fsp3) is 0.944. The van der Waals surface area contributed by atoms with Gasteiger partial charge in [-0.2, -0.15) is 0 Å². The molecule has 0 aromatic carbocycles. The molecule has 0 aromatic heterocycles. The zero-order chi connectivity index (χ0) is 19.7. The molecule has 0 radical (unpaired) electrons. The van der Waals surface area contributed by atoms with E-state index in [-0.39, 0.29) is 29.4 Å². The van der Waals surface area contributed by atoms with E-state index < -0.39 is 15.6 Å². The Bertz CT molecular complexity index is 547. The van der Waals surface area contributed by atoms with Crippen molar-refractivity contribution < 1.29 is 13.2 Å². The predicted molar refractivity (Wildman–Crippen MR) is 123 cm³/mol. The van der Waals surface area contributed by atoms with Gasteiger partial charge in [0.2, 0.25) is 10.0 Å². The molecular weight excluding hydrogens is 479 g/mol. The quantitative estimate of drug-likeness (QED) is 0.169. The Labute approximate surface area is 183 Å². The first-order valence-electron chi connectivity index (χ1n) is 9.70. The molecule has 0 saturated heterocycles. The Morgan fingerprint density at radius 3 is 2.33 bits per heavy atom. The molecule has 0 heterocycles. The lowest BCUT2D eigenvalue weighted by molar-refractivity contribution is 0.105. The first-order chi connectivity index (χ1) is 12.1. The Balaban J connectivity index is 0.00000676. The summed E-state index contributed by atoms with van der Waals surface area (Å²) in [6, 6.07) is 0. The molecule has 0 bridgehead atoms. The number of guanidine groups is 1. The maximum absolute atomic E-state index is 11.5. The molecule has 27 heavy (non-hydrogen) atoms. The van der Waals surface area contributed by atoms with Crippen LogP contribution in [0.1, 0.15) is 59.8 Å². The van der Waals surface area contributed by atoms with Gasteiger partial charge in [0.15, 0.2) is 5.96 Å². The van der Waals surface area contributed by atoms with Gasteiger partial charge in [0, 0.05) is 31.8 Å². The van der Waals surface area contributed by atoms with Crippen LogP contribution in [0.4, 0.5) is 0 Å². The van der Waals surface area contributed by atoms with Crippen molar-refractivity contribution in [1.82, 2.24) is 15.4 Å². The first-order valence-corrected chi connectivity index (χ1v) is 11.6. The summed E-state index contributed by atoms with van der Waals surface area (Å²) < 4.78 is 31.2. The molecule has 3 N–H and O–H groups in total. The highest BCUT2D eigenvalue weighted by molar-refractivity contribution is 14.0. The molecular formula is C18H39IN4O3S. The summed E-state index contributed by atoms with van der Waals surface area (Å²) in [4.78, 5) is 4.59. The van der Waals surface area contributed by atoms with Gasteiger partial charge in [-0.15, -0.1) is 24.0 Å². The van der Waals surface area contributed by atoms with E-state index in [0.29, 0.717) is 6.54 Å². The molecule has 1 saturated carbocycles. The van der Waals surface area contributed by atoms with Crippen molar-refractivity contribution in [3.63, 3.8) is 0 Å². The maximum Gasteiger partial charge on any atom is 0.209 e. The SMILES string of the molecule is CCNC(=NCC(C)(C)NS(C)(=O)=O)NCC1(CCOCC)CCCC1.I.